The van der Waals surface area contributed by atoms with Gasteiger partial charge < -0.3 is 9.84 Å². The largest absolute Gasteiger partial charge is 0.494 e. The predicted octanol–water partition coefficient (Wildman–Crippen LogP) is 2.79. The molecule has 0 spiro atoms. The van der Waals surface area contributed by atoms with E-state index in [4.69, 9.17) is 9.84 Å². The summed E-state index contributed by atoms with van der Waals surface area (Å²) in [6, 6.07) is 7.56. The van der Waals surface area contributed by atoms with Crippen LogP contribution in [0, 0.1) is 13.8 Å². The minimum atomic E-state index is -0.879. The minimum absolute atomic E-state index is 0.0586. The van der Waals surface area contributed by atoms with Crippen LogP contribution in [0.25, 0.3) is 11.4 Å². The van der Waals surface area contributed by atoms with Crippen molar-refractivity contribution in [3.63, 3.8) is 0 Å². The number of hydrogen-bond donors (Lipinski definition) is 1. The number of aryl methyl sites for hydroxylation is 2. The molecule has 0 aliphatic carbocycles. The van der Waals surface area contributed by atoms with E-state index in [1.54, 1.807) is 0 Å². The summed E-state index contributed by atoms with van der Waals surface area (Å²) in [5.41, 5.74) is 2.92. The molecule has 1 heterocycles. The molecule has 0 radical (unpaired) electrons. The monoisotopic (exact) mass is 286 g/mol. The van der Waals surface area contributed by atoms with Gasteiger partial charge in [0.2, 0.25) is 0 Å². The van der Waals surface area contributed by atoms with Crippen LogP contribution in [0.2, 0.25) is 0 Å². The first kappa shape index (κ1) is 15.0. The maximum atomic E-state index is 10.9. The Hall–Kier alpha value is -2.43. The van der Waals surface area contributed by atoms with Crippen LogP contribution in [0.1, 0.15) is 23.9 Å². The Bertz CT molecular complexity index is 645. The molecule has 21 heavy (non-hydrogen) atoms. The van der Waals surface area contributed by atoms with Crippen molar-refractivity contribution in [2.24, 2.45) is 0 Å². The lowest BCUT2D eigenvalue weighted by Gasteiger charge is -2.10. The highest BCUT2D eigenvalue weighted by Crippen LogP contribution is 2.23. The van der Waals surface area contributed by atoms with Crippen molar-refractivity contribution in [1.82, 2.24) is 9.97 Å². The van der Waals surface area contributed by atoms with E-state index in [2.05, 4.69) is 9.97 Å². The summed E-state index contributed by atoms with van der Waals surface area (Å²) in [4.78, 5) is 19.7. The third-order valence-corrected chi connectivity index (χ3v) is 3.15. The molecule has 110 valence electrons. The molecule has 1 aromatic carbocycles. The summed E-state index contributed by atoms with van der Waals surface area (Å²) in [7, 11) is 0. The van der Waals surface area contributed by atoms with Gasteiger partial charge in [0.1, 0.15) is 5.75 Å². The van der Waals surface area contributed by atoms with E-state index in [0.717, 1.165) is 11.3 Å². The van der Waals surface area contributed by atoms with Crippen molar-refractivity contribution in [3.05, 3.63) is 41.2 Å². The summed E-state index contributed by atoms with van der Waals surface area (Å²) in [6.07, 6.45) is -0.0586. The van der Waals surface area contributed by atoms with Gasteiger partial charge in [-0.2, -0.15) is 0 Å². The molecule has 5 nitrogen and oxygen atoms in total. The van der Waals surface area contributed by atoms with Gasteiger partial charge in [0, 0.05) is 22.5 Å². The van der Waals surface area contributed by atoms with Crippen LogP contribution in [0.3, 0.4) is 0 Å². The lowest BCUT2D eigenvalue weighted by atomic mass is 10.1. The molecule has 2 aromatic rings. The molecule has 2 rings (SSSR count). The second-order valence-electron chi connectivity index (χ2n) is 4.73. The number of nitrogens with zero attached hydrogens (tertiary/aromatic N) is 2. The van der Waals surface area contributed by atoms with Crippen molar-refractivity contribution in [2.75, 3.05) is 6.61 Å². The molecule has 5 heteroatoms. The number of hydrogen-bond acceptors (Lipinski definition) is 4. The number of aromatic nitrogens is 2. The SMILES string of the molecule is CCOc1cccc(-c2nc(C)c(CC(=O)O)c(C)n2)c1. The Kier molecular flexibility index (Phi) is 4.52. The number of carboxylic acid groups (broad SMARTS) is 1. The van der Waals surface area contributed by atoms with Gasteiger partial charge in [-0.3, -0.25) is 4.79 Å². The first-order valence-corrected chi connectivity index (χ1v) is 6.80. The van der Waals surface area contributed by atoms with Crippen molar-refractivity contribution in [1.29, 1.82) is 0 Å². The van der Waals surface area contributed by atoms with Crippen LogP contribution in [-0.4, -0.2) is 27.7 Å². The van der Waals surface area contributed by atoms with E-state index in [0.29, 0.717) is 29.4 Å². The van der Waals surface area contributed by atoms with E-state index in [1.807, 2.05) is 45.0 Å². The van der Waals surface area contributed by atoms with E-state index in [9.17, 15) is 4.79 Å². The molecule has 0 saturated heterocycles. The summed E-state index contributed by atoms with van der Waals surface area (Å²) in [5.74, 6) is 0.472. The van der Waals surface area contributed by atoms with E-state index < -0.39 is 5.97 Å². The third kappa shape index (κ3) is 3.56. The summed E-state index contributed by atoms with van der Waals surface area (Å²) in [5, 5.41) is 8.93. The third-order valence-electron chi connectivity index (χ3n) is 3.15. The number of benzene rings is 1. The van der Waals surface area contributed by atoms with Gasteiger partial charge in [-0.25, -0.2) is 9.97 Å². The quantitative estimate of drug-likeness (QED) is 0.915. The summed E-state index contributed by atoms with van der Waals surface area (Å²) < 4.78 is 5.47. The Morgan fingerprint density at radius 2 is 1.90 bits per heavy atom. The topological polar surface area (TPSA) is 72.3 Å². The highest BCUT2D eigenvalue weighted by molar-refractivity contribution is 5.71. The Morgan fingerprint density at radius 1 is 1.24 bits per heavy atom. The Morgan fingerprint density at radius 3 is 2.48 bits per heavy atom. The zero-order chi connectivity index (χ0) is 15.4. The molecule has 0 aliphatic rings. The van der Waals surface area contributed by atoms with Crippen molar-refractivity contribution >= 4 is 5.97 Å². The fourth-order valence-electron chi connectivity index (χ4n) is 2.17. The van der Waals surface area contributed by atoms with Gasteiger partial charge in [0.25, 0.3) is 0 Å². The number of rotatable bonds is 5. The van der Waals surface area contributed by atoms with Gasteiger partial charge in [-0.05, 0) is 32.9 Å². The maximum absolute atomic E-state index is 10.9. The average molecular weight is 286 g/mol. The Balaban J connectivity index is 2.41. The number of aliphatic carboxylic acids is 1. The lowest BCUT2D eigenvalue weighted by Crippen LogP contribution is -2.08. The highest BCUT2D eigenvalue weighted by Gasteiger charge is 2.13. The molecule has 1 N–H and O–H groups in total. The van der Waals surface area contributed by atoms with Crippen molar-refractivity contribution in [2.45, 2.75) is 27.2 Å². The molecule has 0 bridgehead atoms. The molecule has 0 aliphatic heterocycles. The second-order valence-corrected chi connectivity index (χ2v) is 4.73. The normalized spacial score (nSPS) is 10.4. The van der Waals surface area contributed by atoms with Gasteiger partial charge in [-0.1, -0.05) is 12.1 Å². The molecule has 0 unspecified atom stereocenters. The first-order valence-electron chi connectivity index (χ1n) is 6.80. The fourth-order valence-corrected chi connectivity index (χ4v) is 2.17. The zero-order valence-corrected chi connectivity index (χ0v) is 12.4. The highest BCUT2D eigenvalue weighted by atomic mass is 16.5. The minimum Gasteiger partial charge on any atom is -0.494 e. The van der Waals surface area contributed by atoms with Crippen LogP contribution in [0.5, 0.6) is 5.75 Å². The summed E-state index contributed by atoms with van der Waals surface area (Å²) in [6.45, 7) is 6.14. The fraction of sp³-hybridized carbons (Fsp3) is 0.312. The van der Waals surface area contributed by atoms with Gasteiger partial charge in [0.15, 0.2) is 5.82 Å². The number of carboxylic acids is 1. The first-order chi connectivity index (χ1) is 10.0. The standard InChI is InChI=1S/C16H18N2O3/c1-4-21-13-7-5-6-12(8-13)16-17-10(2)14(9-15(19)20)11(3)18-16/h5-8H,4,9H2,1-3H3,(H,19,20). The Labute approximate surface area is 123 Å². The maximum Gasteiger partial charge on any atom is 0.307 e. The summed E-state index contributed by atoms with van der Waals surface area (Å²) >= 11 is 0. The zero-order valence-electron chi connectivity index (χ0n) is 12.4. The van der Waals surface area contributed by atoms with Crippen LogP contribution in [-0.2, 0) is 11.2 Å². The van der Waals surface area contributed by atoms with Crippen molar-refractivity contribution in [3.8, 4) is 17.1 Å². The molecule has 1 aromatic heterocycles. The van der Waals surface area contributed by atoms with Gasteiger partial charge >= 0.3 is 5.97 Å². The van der Waals surface area contributed by atoms with Crippen LogP contribution in [0.4, 0.5) is 0 Å². The molecule has 0 saturated carbocycles. The molecule has 0 fully saturated rings. The molecular formula is C16H18N2O3. The number of ether oxygens (including phenoxy) is 1. The second kappa shape index (κ2) is 6.35. The lowest BCUT2D eigenvalue weighted by molar-refractivity contribution is -0.136. The molecule has 0 amide bonds. The van der Waals surface area contributed by atoms with Gasteiger partial charge in [0.05, 0.1) is 13.0 Å². The average Bonchev–Trinajstić information content (AvgIpc) is 2.43. The van der Waals surface area contributed by atoms with E-state index >= 15 is 0 Å². The van der Waals surface area contributed by atoms with Crippen LogP contribution >= 0.6 is 0 Å². The molecule has 0 atom stereocenters. The van der Waals surface area contributed by atoms with Gasteiger partial charge in [-0.15, -0.1) is 0 Å². The molecular weight excluding hydrogens is 268 g/mol. The number of carbonyl (C=O) groups is 1. The van der Waals surface area contributed by atoms with Crippen LogP contribution in [0.15, 0.2) is 24.3 Å². The van der Waals surface area contributed by atoms with E-state index in [1.165, 1.54) is 0 Å². The predicted molar refractivity (Wildman–Crippen MR) is 79.5 cm³/mol. The smallest absolute Gasteiger partial charge is 0.307 e. The van der Waals surface area contributed by atoms with E-state index in [-0.39, 0.29) is 6.42 Å². The van der Waals surface area contributed by atoms with Crippen molar-refractivity contribution < 1.29 is 14.6 Å². The van der Waals surface area contributed by atoms with Crippen LogP contribution < -0.4 is 4.74 Å².